The van der Waals surface area contributed by atoms with Crippen LogP contribution in [0, 0.1) is 0 Å². The quantitative estimate of drug-likeness (QED) is 0.641. The second kappa shape index (κ2) is 6.22. The Morgan fingerprint density at radius 3 is 2.90 bits per heavy atom. The van der Waals surface area contributed by atoms with E-state index >= 15 is 0 Å². The number of hydrogen-bond donors (Lipinski definition) is 2. The summed E-state index contributed by atoms with van der Waals surface area (Å²) in [5.41, 5.74) is 4.12. The van der Waals surface area contributed by atoms with E-state index in [2.05, 4.69) is 23.4 Å². The fraction of sp³-hybridized carbons (Fsp3) is 0.571. The lowest BCUT2D eigenvalue weighted by atomic mass is 9.99. The molecule has 5 nitrogen and oxygen atoms in total. The van der Waals surface area contributed by atoms with E-state index in [-0.39, 0.29) is 6.04 Å². The minimum Gasteiger partial charge on any atom is -0.486 e. The zero-order valence-electron chi connectivity index (χ0n) is 11.7. The average molecular weight is 295 g/mol. The van der Waals surface area contributed by atoms with Gasteiger partial charge in [0.05, 0.1) is 6.04 Å². The minimum atomic E-state index is 0.101. The van der Waals surface area contributed by atoms with Crippen LogP contribution in [0.25, 0.3) is 0 Å². The van der Waals surface area contributed by atoms with Crippen molar-refractivity contribution in [3.8, 4) is 11.5 Å². The van der Waals surface area contributed by atoms with Crippen LogP contribution in [-0.2, 0) is 0 Å². The molecule has 1 aromatic carbocycles. The Morgan fingerprint density at radius 1 is 1.35 bits per heavy atom. The van der Waals surface area contributed by atoms with E-state index in [9.17, 15) is 0 Å². The lowest BCUT2D eigenvalue weighted by Gasteiger charge is -2.37. The van der Waals surface area contributed by atoms with Gasteiger partial charge in [-0.15, -0.1) is 0 Å². The number of hydrazine groups is 1. The highest BCUT2D eigenvalue weighted by Crippen LogP contribution is 2.34. The van der Waals surface area contributed by atoms with E-state index in [1.165, 1.54) is 5.75 Å². The zero-order valence-corrected chi connectivity index (χ0v) is 12.5. The van der Waals surface area contributed by atoms with Crippen molar-refractivity contribution >= 4 is 11.8 Å². The lowest BCUT2D eigenvalue weighted by molar-refractivity contribution is 0.170. The first-order chi connectivity index (χ1) is 9.79. The number of ether oxygens (including phenoxy) is 2. The highest BCUT2D eigenvalue weighted by molar-refractivity contribution is 7.99. The van der Waals surface area contributed by atoms with Crippen LogP contribution in [0.5, 0.6) is 11.5 Å². The van der Waals surface area contributed by atoms with Crippen molar-refractivity contribution in [3.05, 3.63) is 23.8 Å². The number of hydrogen-bond acceptors (Lipinski definition) is 6. The topological polar surface area (TPSA) is 59.8 Å². The van der Waals surface area contributed by atoms with E-state index in [1.54, 1.807) is 0 Å². The van der Waals surface area contributed by atoms with Gasteiger partial charge in [0.1, 0.15) is 13.2 Å². The molecule has 3 N–H and O–H groups in total. The maximum Gasteiger partial charge on any atom is 0.161 e. The van der Waals surface area contributed by atoms with Crippen LogP contribution in [0.2, 0.25) is 0 Å². The average Bonchev–Trinajstić information content (AvgIpc) is 2.50. The van der Waals surface area contributed by atoms with Crippen molar-refractivity contribution in [3.63, 3.8) is 0 Å². The second-order valence-corrected chi connectivity index (χ2v) is 6.32. The van der Waals surface area contributed by atoms with Gasteiger partial charge in [-0.2, -0.15) is 11.8 Å². The summed E-state index contributed by atoms with van der Waals surface area (Å²) in [5.74, 6) is 9.73. The molecule has 0 aliphatic carbocycles. The molecular weight excluding hydrogens is 274 g/mol. The molecule has 1 fully saturated rings. The monoisotopic (exact) mass is 295 g/mol. The van der Waals surface area contributed by atoms with Crippen LogP contribution in [0.4, 0.5) is 0 Å². The van der Waals surface area contributed by atoms with E-state index in [4.69, 9.17) is 15.3 Å². The second-order valence-electron chi connectivity index (χ2n) is 5.17. The standard InChI is InChI=1S/C14H21N3O2S/c1-17-4-7-20-9-11(17)14(16-15)10-2-3-12-13(8-10)19-6-5-18-12/h2-3,8,11,14,16H,4-7,9,15H2,1H3. The third kappa shape index (κ3) is 2.74. The van der Waals surface area contributed by atoms with Gasteiger partial charge in [-0.3, -0.25) is 16.2 Å². The molecular formula is C14H21N3O2S. The lowest BCUT2D eigenvalue weighted by Crippen LogP contribution is -2.49. The molecule has 20 heavy (non-hydrogen) atoms. The van der Waals surface area contributed by atoms with E-state index in [1.807, 2.05) is 23.9 Å². The summed E-state index contributed by atoms with van der Waals surface area (Å²) in [7, 11) is 2.16. The van der Waals surface area contributed by atoms with Crippen LogP contribution in [-0.4, -0.2) is 49.3 Å². The van der Waals surface area contributed by atoms with E-state index in [0.29, 0.717) is 19.3 Å². The van der Waals surface area contributed by atoms with E-state index in [0.717, 1.165) is 29.4 Å². The van der Waals surface area contributed by atoms with Gasteiger partial charge < -0.3 is 9.47 Å². The van der Waals surface area contributed by atoms with Crippen LogP contribution in [0.1, 0.15) is 11.6 Å². The predicted molar refractivity (Wildman–Crippen MR) is 81.2 cm³/mol. The number of nitrogens with one attached hydrogen (secondary N) is 1. The van der Waals surface area contributed by atoms with Crippen LogP contribution < -0.4 is 20.7 Å². The summed E-state index contributed by atoms with van der Waals surface area (Å²) in [6.45, 7) is 2.32. The van der Waals surface area contributed by atoms with Gasteiger partial charge in [0, 0.05) is 24.1 Å². The number of fused-ring (bicyclic) bond motifs is 1. The molecule has 0 bridgehead atoms. The smallest absolute Gasteiger partial charge is 0.161 e. The largest absolute Gasteiger partial charge is 0.486 e. The predicted octanol–water partition coefficient (Wildman–Crippen LogP) is 1.01. The van der Waals surface area contributed by atoms with Crippen molar-refractivity contribution in [1.82, 2.24) is 10.3 Å². The van der Waals surface area contributed by atoms with Crippen molar-refractivity contribution in [2.75, 3.05) is 38.3 Å². The van der Waals surface area contributed by atoms with Crippen LogP contribution in [0.15, 0.2) is 18.2 Å². The molecule has 0 aromatic heterocycles. The first-order valence-electron chi connectivity index (χ1n) is 6.93. The molecule has 0 saturated carbocycles. The molecule has 110 valence electrons. The van der Waals surface area contributed by atoms with Crippen LogP contribution in [0.3, 0.4) is 0 Å². The summed E-state index contributed by atoms with van der Waals surface area (Å²) in [6.07, 6.45) is 0. The highest BCUT2D eigenvalue weighted by atomic mass is 32.2. The Balaban J connectivity index is 1.85. The van der Waals surface area contributed by atoms with E-state index < -0.39 is 0 Å². The Hall–Kier alpha value is -0.950. The molecule has 0 radical (unpaired) electrons. The van der Waals surface area contributed by atoms with Gasteiger partial charge in [0.25, 0.3) is 0 Å². The Labute approximate surface area is 123 Å². The van der Waals surface area contributed by atoms with Gasteiger partial charge in [-0.05, 0) is 24.7 Å². The maximum atomic E-state index is 5.82. The molecule has 2 aliphatic rings. The van der Waals surface area contributed by atoms with Crippen molar-refractivity contribution in [2.24, 2.45) is 5.84 Å². The SMILES string of the molecule is CN1CCSCC1C(NN)c1ccc2c(c1)OCCO2. The van der Waals surface area contributed by atoms with Gasteiger partial charge in [-0.25, -0.2) is 0 Å². The van der Waals surface area contributed by atoms with Crippen molar-refractivity contribution in [2.45, 2.75) is 12.1 Å². The number of likely N-dealkylation sites (N-methyl/N-ethyl adjacent to an activating group) is 1. The Morgan fingerprint density at radius 2 is 2.15 bits per heavy atom. The first kappa shape index (κ1) is 14.0. The zero-order chi connectivity index (χ0) is 13.9. The normalized spacial score (nSPS) is 24.4. The molecule has 6 heteroatoms. The third-order valence-electron chi connectivity index (χ3n) is 3.93. The fourth-order valence-electron chi connectivity index (χ4n) is 2.74. The summed E-state index contributed by atoms with van der Waals surface area (Å²) >= 11 is 1.98. The van der Waals surface area contributed by atoms with Crippen molar-refractivity contribution < 1.29 is 9.47 Å². The molecule has 1 aromatic rings. The number of rotatable bonds is 3. The number of thioether (sulfide) groups is 1. The molecule has 2 aliphatic heterocycles. The fourth-order valence-corrected chi connectivity index (χ4v) is 4.01. The third-order valence-corrected chi connectivity index (χ3v) is 4.98. The first-order valence-corrected chi connectivity index (χ1v) is 8.08. The summed E-state index contributed by atoms with van der Waals surface area (Å²) in [4.78, 5) is 2.37. The molecule has 3 rings (SSSR count). The summed E-state index contributed by atoms with van der Waals surface area (Å²) in [6, 6.07) is 6.59. The number of benzene rings is 1. The number of nitrogens with two attached hydrogens (primary N) is 1. The molecule has 2 atom stereocenters. The summed E-state index contributed by atoms with van der Waals surface area (Å²) in [5, 5.41) is 0. The van der Waals surface area contributed by atoms with Gasteiger partial charge in [0.2, 0.25) is 0 Å². The Kier molecular flexibility index (Phi) is 4.35. The van der Waals surface area contributed by atoms with Gasteiger partial charge in [-0.1, -0.05) is 6.07 Å². The van der Waals surface area contributed by atoms with Gasteiger partial charge >= 0.3 is 0 Å². The van der Waals surface area contributed by atoms with Crippen LogP contribution >= 0.6 is 11.8 Å². The molecule has 0 spiro atoms. The van der Waals surface area contributed by atoms with Gasteiger partial charge in [0.15, 0.2) is 11.5 Å². The molecule has 0 amide bonds. The Bertz CT molecular complexity index is 472. The maximum absolute atomic E-state index is 5.82. The minimum absolute atomic E-state index is 0.101. The molecule has 2 unspecified atom stereocenters. The molecule has 1 saturated heterocycles. The molecule has 2 heterocycles. The summed E-state index contributed by atoms with van der Waals surface area (Å²) < 4.78 is 11.2. The highest BCUT2D eigenvalue weighted by Gasteiger charge is 2.29. The van der Waals surface area contributed by atoms with Crippen molar-refractivity contribution in [1.29, 1.82) is 0 Å². The number of nitrogens with zero attached hydrogens (tertiary/aromatic N) is 1.